The number of carbonyl (C=O) groups is 1. The first-order valence-corrected chi connectivity index (χ1v) is 8.21. The molecule has 1 atom stereocenters. The number of aliphatic hydroxyl groups excluding tert-OH is 1. The Bertz CT molecular complexity index is 739. The fourth-order valence-corrected chi connectivity index (χ4v) is 3.14. The molecule has 0 aliphatic rings. The van der Waals surface area contributed by atoms with Gasteiger partial charge in [-0.05, 0) is 19.1 Å². The monoisotopic (exact) mass is 319 g/mol. The van der Waals surface area contributed by atoms with Crippen molar-refractivity contribution in [2.75, 3.05) is 6.61 Å². The van der Waals surface area contributed by atoms with Gasteiger partial charge in [0.15, 0.2) is 5.78 Å². The van der Waals surface area contributed by atoms with E-state index < -0.39 is 28.5 Å². The van der Waals surface area contributed by atoms with Crippen LogP contribution in [-0.2, 0) is 10.0 Å². The Morgan fingerprint density at radius 2 is 1.68 bits per heavy atom. The molecule has 2 aromatic rings. The summed E-state index contributed by atoms with van der Waals surface area (Å²) in [6.07, 6.45) is 0. The number of nitrogens with one attached hydrogen (secondary N) is 1. The van der Waals surface area contributed by atoms with Crippen LogP contribution in [0.25, 0.3) is 0 Å². The number of Topliss-reactive ketones (excluding diaryl/α,β-unsaturated/α-hetero) is 1. The highest BCUT2D eigenvalue weighted by Gasteiger charge is 2.25. The molecule has 0 aliphatic carbocycles. The van der Waals surface area contributed by atoms with Gasteiger partial charge in [0.25, 0.3) is 0 Å². The van der Waals surface area contributed by atoms with Crippen molar-refractivity contribution in [2.45, 2.75) is 17.9 Å². The molecule has 1 unspecified atom stereocenters. The van der Waals surface area contributed by atoms with E-state index in [1.54, 1.807) is 42.5 Å². The highest BCUT2D eigenvalue weighted by atomic mass is 32.2. The number of hydrogen-bond acceptors (Lipinski definition) is 4. The van der Waals surface area contributed by atoms with Gasteiger partial charge in [0.1, 0.15) is 6.04 Å². The maximum absolute atomic E-state index is 12.3. The third kappa shape index (κ3) is 3.79. The second-order valence-electron chi connectivity index (χ2n) is 4.90. The van der Waals surface area contributed by atoms with Gasteiger partial charge in [-0.3, -0.25) is 4.79 Å². The molecular formula is C16H17NO4S. The van der Waals surface area contributed by atoms with Crippen LogP contribution in [0.3, 0.4) is 0 Å². The molecule has 116 valence electrons. The average molecular weight is 319 g/mol. The zero-order valence-corrected chi connectivity index (χ0v) is 12.9. The van der Waals surface area contributed by atoms with Gasteiger partial charge in [-0.25, -0.2) is 8.42 Å². The minimum atomic E-state index is -3.87. The molecule has 0 amide bonds. The number of sulfonamides is 1. The Balaban J connectivity index is 2.22. The molecule has 2 aromatic carbocycles. The van der Waals surface area contributed by atoms with Crippen LogP contribution >= 0.6 is 0 Å². The van der Waals surface area contributed by atoms with Crippen molar-refractivity contribution in [1.29, 1.82) is 0 Å². The van der Waals surface area contributed by atoms with E-state index in [0.717, 1.165) is 5.56 Å². The fourth-order valence-electron chi connectivity index (χ4n) is 1.95. The summed E-state index contributed by atoms with van der Waals surface area (Å²) in [4.78, 5) is 12.3. The number of benzene rings is 2. The predicted molar refractivity (Wildman–Crippen MR) is 83.1 cm³/mol. The van der Waals surface area contributed by atoms with E-state index in [1.807, 2.05) is 6.92 Å². The molecule has 2 N–H and O–H groups in total. The molecule has 2 rings (SSSR count). The van der Waals surface area contributed by atoms with E-state index in [-0.39, 0.29) is 4.90 Å². The first-order chi connectivity index (χ1) is 10.4. The molecule has 22 heavy (non-hydrogen) atoms. The van der Waals surface area contributed by atoms with Crippen LogP contribution < -0.4 is 4.72 Å². The average Bonchev–Trinajstić information content (AvgIpc) is 2.53. The molecule has 5 nitrogen and oxygen atoms in total. The van der Waals surface area contributed by atoms with Crippen LogP contribution in [0.15, 0.2) is 59.5 Å². The van der Waals surface area contributed by atoms with Crippen LogP contribution in [0.4, 0.5) is 0 Å². The first-order valence-electron chi connectivity index (χ1n) is 6.73. The van der Waals surface area contributed by atoms with Crippen molar-refractivity contribution < 1.29 is 18.3 Å². The molecule has 0 saturated carbocycles. The molecule has 6 heteroatoms. The van der Waals surface area contributed by atoms with Crippen LogP contribution in [0.5, 0.6) is 0 Å². The third-order valence-corrected chi connectivity index (χ3v) is 4.67. The lowest BCUT2D eigenvalue weighted by Gasteiger charge is -2.15. The summed E-state index contributed by atoms with van der Waals surface area (Å²) in [5.41, 5.74) is 1.27. The normalized spacial score (nSPS) is 12.8. The fraction of sp³-hybridized carbons (Fsp3) is 0.188. The largest absolute Gasteiger partial charge is 0.394 e. The van der Waals surface area contributed by atoms with Crippen molar-refractivity contribution in [3.8, 4) is 0 Å². The number of aliphatic hydroxyl groups is 1. The minimum absolute atomic E-state index is 0.0532. The van der Waals surface area contributed by atoms with Crippen molar-refractivity contribution >= 4 is 15.8 Å². The molecule has 0 aliphatic heterocycles. The van der Waals surface area contributed by atoms with Crippen molar-refractivity contribution in [3.05, 3.63) is 65.7 Å². The quantitative estimate of drug-likeness (QED) is 0.791. The minimum Gasteiger partial charge on any atom is -0.394 e. The second-order valence-corrected chi connectivity index (χ2v) is 6.61. The smallest absolute Gasteiger partial charge is 0.241 e. The van der Waals surface area contributed by atoms with Crippen LogP contribution in [0.1, 0.15) is 15.9 Å². The summed E-state index contributed by atoms with van der Waals surface area (Å²) in [5.74, 6) is -0.473. The van der Waals surface area contributed by atoms with E-state index in [2.05, 4.69) is 4.72 Å². The first kappa shape index (κ1) is 16.4. The highest BCUT2D eigenvalue weighted by Crippen LogP contribution is 2.12. The summed E-state index contributed by atoms with van der Waals surface area (Å²) < 4.78 is 26.8. The Kier molecular flexibility index (Phi) is 5.07. The maximum atomic E-state index is 12.3. The zero-order valence-electron chi connectivity index (χ0n) is 12.1. The van der Waals surface area contributed by atoms with Gasteiger partial charge in [-0.1, -0.05) is 48.0 Å². The predicted octanol–water partition coefficient (Wildman–Crippen LogP) is 1.52. The molecule has 0 radical (unpaired) electrons. The molecular weight excluding hydrogens is 302 g/mol. The number of carbonyl (C=O) groups excluding carboxylic acids is 1. The lowest BCUT2D eigenvalue weighted by molar-refractivity contribution is 0.0914. The van der Waals surface area contributed by atoms with Crippen LogP contribution in [-0.4, -0.2) is 32.0 Å². The highest BCUT2D eigenvalue weighted by molar-refractivity contribution is 7.89. The second kappa shape index (κ2) is 6.83. The Labute approximate surface area is 129 Å². The summed E-state index contributed by atoms with van der Waals surface area (Å²) in [6, 6.07) is 13.3. The summed E-state index contributed by atoms with van der Waals surface area (Å²) in [7, 11) is -3.87. The molecule has 0 fully saturated rings. The summed E-state index contributed by atoms with van der Waals surface area (Å²) in [5, 5.41) is 9.36. The number of hydrogen-bond donors (Lipinski definition) is 2. The lowest BCUT2D eigenvalue weighted by Crippen LogP contribution is -2.43. The lowest BCUT2D eigenvalue weighted by atomic mass is 10.1. The molecule has 0 bridgehead atoms. The van der Waals surface area contributed by atoms with E-state index in [9.17, 15) is 18.3 Å². The van der Waals surface area contributed by atoms with E-state index in [0.29, 0.717) is 5.56 Å². The van der Waals surface area contributed by atoms with Crippen molar-refractivity contribution in [3.63, 3.8) is 0 Å². The number of aryl methyl sites for hydroxylation is 1. The standard InChI is InChI=1S/C16H17NO4S/c1-12-7-9-14(10-8-12)22(20,21)17-15(11-18)16(19)13-5-3-2-4-6-13/h2-10,15,17-18H,11H2,1H3. The molecule has 0 heterocycles. The molecule has 0 spiro atoms. The third-order valence-electron chi connectivity index (χ3n) is 3.19. The van der Waals surface area contributed by atoms with Gasteiger partial charge in [0.2, 0.25) is 10.0 Å². The van der Waals surface area contributed by atoms with Crippen LogP contribution in [0, 0.1) is 6.92 Å². The van der Waals surface area contributed by atoms with Crippen molar-refractivity contribution in [2.24, 2.45) is 0 Å². The Hall–Kier alpha value is -2.02. The summed E-state index contributed by atoms with van der Waals surface area (Å²) >= 11 is 0. The van der Waals surface area contributed by atoms with Crippen molar-refractivity contribution in [1.82, 2.24) is 4.72 Å². The van der Waals surface area contributed by atoms with E-state index in [4.69, 9.17) is 0 Å². The molecule has 0 aromatic heterocycles. The number of rotatable bonds is 6. The van der Waals surface area contributed by atoms with Gasteiger partial charge in [-0.2, -0.15) is 4.72 Å². The van der Waals surface area contributed by atoms with Crippen LogP contribution in [0.2, 0.25) is 0 Å². The Morgan fingerprint density at radius 3 is 2.23 bits per heavy atom. The van der Waals surface area contributed by atoms with Gasteiger partial charge in [0, 0.05) is 5.56 Å². The maximum Gasteiger partial charge on any atom is 0.241 e. The molecule has 0 saturated heterocycles. The van der Waals surface area contributed by atoms with Gasteiger partial charge < -0.3 is 5.11 Å². The SMILES string of the molecule is Cc1ccc(S(=O)(=O)NC(CO)C(=O)c2ccccc2)cc1. The summed E-state index contributed by atoms with van der Waals surface area (Å²) in [6.45, 7) is 1.23. The zero-order chi connectivity index (χ0) is 16.2. The van der Waals surface area contributed by atoms with E-state index >= 15 is 0 Å². The number of ketones is 1. The van der Waals surface area contributed by atoms with Gasteiger partial charge in [-0.15, -0.1) is 0 Å². The van der Waals surface area contributed by atoms with Gasteiger partial charge >= 0.3 is 0 Å². The van der Waals surface area contributed by atoms with Gasteiger partial charge in [0.05, 0.1) is 11.5 Å². The Morgan fingerprint density at radius 1 is 1.09 bits per heavy atom. The van der Waals surface area contributed by atoms with E-state index in [1.165, 1.54) is 12.1 Å². The topological polar surface area (TPSA) is 83.5 Å².